The molecule has 1 aromatic carbocycles. The zero-order valence-electron chi connectivity index (χ0n) is 14.7. The Kier molecular flexibility index (Phi) is 6.95. The lowest BCUT2D eigenvalue weighted by Crippen LogP contribution is -2.44. The van der Waals surface area contributed by atoms with Crippen LogP contribution < -0.4 is 15.8 Å². The molecule has 2 atom stereocenters. The number of sulfonamides is 1. The summed E-state index contributed by atoms with van der Waals surface area (Å²) in [4.78, 5) is 12.5. The third-order valence-corrected chi connectivity index (χ3v) is 6.04. The molecule has 1 aliphatic heterocycles. The average molecular weight is 369 g/mol. The number of carbonyl (C=O) groups is 1. The number of nitrogens with two attached hydrogens (primary N) is 1. The van der Waals surface area contributed by atoms with E-state index in [1.807, 2.05) is 6.92 Å². The first-order valence-electron chi connectivity index (χ1n) is 8.60. The number of benzene rings is 1. The predicted octanol–water partition coefficient (Wildman–Crippen LogP) is 1.46. The molecule has 1 saturated heterocycles. The van der Waals surface area contributed by atoms with Crippen molar-refractivity contribution in [1.82, 2.24) is 4.72 Å². The molecule has 0 aromatic heterocycles. The first-order chi connectivity index (χ1) is 11.8. The van der Waals surface area contributed by atoms with Crippen molar-refractivity contribution in [2.24, 2.45) is 11.7 Å². The maximum atomic E-state index is 12.4. The first-order valence-corrected chi connectivity index (χ1v) is 10.1. The van der Waals surface area contributed by atoms with E-state index in [2.05, 4.69) is 10.0 Å². The molecule has 140 valence electrons. The Balaban J connectivity index is 2.06. The van der Waals surface area contributed by atoms with Crippen LogP contribution >= 0.6 is 0 Å². The van der Waals surface area contributed by atoms with Crippen molar-refractivity contribution in [3.05, 3.63) is 24.3 Å². The minimum atomic E-state index is -3.62. The highest BCUT2D eigenvalue weighted by atomic mass is 32.2. The lowest BCUT2D eigenvalue weighted by Gasteiger charge is -2.26. The average Bonchev–Trinajstić information content (AvgIpc) is 2.61. The van der Waals surface area contributed by atoms with Gasteiger partial charge in [-0.2, -0.15) is 0 Å². The van der Waals surface area contributed by atoms with Crippen molar-refractivity contribution >= 4 is 21.6 Å². The number of ether oxygens (including phenoxy) is 1. The van der Waals surface area contributed by atoms with Crippen LogP contribution in [0.15, 0.2) is 29.2 Å². The Morgan fingerprint density at radius 3 is 2.68 bits per heavy atom. The SMILES string of the molecule is CCC(C)NS(=O)(=O)c1cccc(NC(=O)C(N)C2CCOCC2)c1. The number of hydrogen-bond donors (Lipinski definition) is 3. The minimum absolute atomic E-state index is 0.0766. The summed E-state index contributed by atoms with van der Waals surface area (Å²) in [5.41, 5.74) is 6.47. The summed E-state index contributed by atoms with van der Waals surface area (Å²) in [6.07, 6.45) is 2.19. The molecule has 1 fully saturated rings. The zero-order chi connectivity index (χ0) is 18.4. The van der Waals surface area contributed by atoms with Gasteiger partial charge in [-0.3, -0.25) is 4.79 Å². The van der Waals surface area contributed by atoms with Crippen LogP contribution in [0.25, 0.3) is 0 Å². The molecular weight excluding hydrogens is 342 g/mol. The van der Waals surface area contributed by atoms with E-state index in [4.69, 9.17) is 10.5 Å². The molecule has 0 spiro atoms. The Hall–Kier alpha value is -1.48. The lowest BCUT2D eigenvalue weighted by atomic mass is 9.92. The maximum Gasteiger partial charge on any atom is 0.241 e. The van der Waals surface area contributed by atoms with Crippen molar-refractivity contribution < 1.29 is 17.9 Å². The van der Waals surface area contributed by atoms with Crippen LogP contribution in [0.3, 0.4) is 0 Å². The third-order valence-electron chi connectivity index (χ3n) is 4.46. The van der Waals surface area contributed by atoms with Crippen LogP contribution in [0.4, 0.5) is 5.69 Å². The second-order valence-electron chi connectivity index (χ2n) is 6.42. The summed E-state index contributed by atoms with van der Waals surface area (Å²) in [5, 5.41) is 2.72. The number of hydrogen-bond acceptors (Lipinski definition) is 5. The van der Waals surface area contributed by atoms with Gasteiger partial charge in [0.05, 0.1) is 10.9 Å². The van der Waals surface area contributed by atoms with E-state index in [-0.39, 0.29) is 22.8 Å². The van der Waals surface area contributed by atoms with Crippen molar-refractivity contribution in [2.75, 3.05) is 18.5 Å². The van der Waals surface area contributed by atoms with E-state index in [9.17, 15) is 13.2 Å². The van der Waals surface area contributed by atoms with Gasteiger partial charge in [0.1, 0.15) is 0 Å². The highest BCUT2D eigenvalue weighted by molar-refractivity contribution is 7.89. The molecule has 1 amide bonds. The van der Waals surface area contributed by atoms with Crippen LogP contribution in [0.1, 0.15) is 33.1 Å². The fraction of sp³-hybridized carbons (Fsp3) is 0.588. The van der Waals surface area contributed by atoms with E-state index >= 15 is 0 Å². The van der Waals surface area contributed by atoms with Crippen molar-refractivity contribution in [3.8, 4) is 0 Å². The zero-order valence-corrected chi connectivity index (χ0v) is 15.5. The molecule has 8 heteroatoms. The van der Waals surface area contributed by atoms with Gasteiger partial charge in [0.2, 0.25) is 15.9 Å². The van der Waals surface area contributed by atoms with E-state index in [0.29, 0.717) is 25.3 Å². The first kappa shape index (κ1) is 19.8. The standard InChI is InChI=1S/C17H27N3O4S/c1-3-12(2)20-25(22,23)15-6-4-5-14(11-15)19-17(21)16(18)13-7-9-24-10-8-13/h4-6,11-13,16,20H,3,7-10,18H2,1-2H3,(H,19,21). The molecule has 2 rings (SSSR count). The molecule has 1 aliphatic rings. The fourth-order valence-corrected chi connectivity index (χ4v) is 4.04. The Labute approximate surface area is 149 Å². The smallest absolute Gasteiger partial charge is 0.241 e. The van der Waals surface area contributed by atoms with Gasteiger partial charge in [-0.1, -0.05) is 13.0 Å². The fourth-order valence-electron chi connectivity index (χ4n) is 2.67. The number of carbonyl (C=O) groups excluding carboxylic acids is 1. The predicted molar refractivity (Wildman–Crippen MR) is 96.7 cm³/mol. The molecule has 0 radical (unpaired) electrons. The number of nitrogens with one attached hydrogen (secondary N) is 2. The molecular formula is C17H27N3O4S. The minimum Gasteiger partial charge on any atom is -0.381 e. The topological polar surface area (TPSA) is 111 Å². The molecule has 2 unspecified atom stereocenters. The van der Waals surface area contributed by atoms with Gasteiger partial charge < -0.3 is 15.8 Å². The van der Waals surface area contributed by atoms with E-state index in [1.165, 1.54) is 12.1 Å². The second-order valence-corrected chi connectivity index (χ2v) is 8.14. The molecule has 1 aromatic rings. The quantitative estimate of drug-likeness (QED) is 0.674. The van der Waals surface area contributed by atoms with Gasteiger partial charge in [0.15, 0.2) is 0 Å². The largest absolute Gasteiger partial charge is 0.381 e. The summed E-state index contributed by atoms with van der Waals surface area (Å²) in [7, 11) is -3.62. The highest BCUT2D eigenvalue weighted by Crippen LogP contribution is 2.20. The summed E-state index contributed by atoms with van der Waals surface area (Å²) in [5.74, 6) is -0.232. The van der Waals surface area contributed by atoms with Crippen LogP contribution in [-0.4, -0.2) is 39.6 Å². The lowest BCUT2D eigenvalue weighted by molar-refractivity contribution is -0.119. The van der Waals surface area contributed by atoms with Gasteiger partial charge in [0, 0.05) is 24.9 Å². The van der Waals surface area contributed by atoms with Crippen LogP contribution in [0.5, 0.6) is 0 Å². The van der Waals surface area contributed by atoms with Gasteiger partial charge in [-0.05, 0) is 50.3 Å². The van der Waals surface area contributed by atoms with Gasteiger partial charge >= 0.3 is 0 Å². The molecule has 25 heavy (non-hydrogen) atoms. The number of rotatable bonds is 7. The third kappa shape index (κ3) is 5.50. The van der Waals surface area contributed by atoms with Crippen LogP contribution in [0.2, 0.25) is 0 Å². The van der Waals surface area contributed by atoms with Crippen LogP contribution in [-0.2, 0) is 19.6 Å². The Bertz CT molecular complexity index is 687. The Morgan fingerprint density at radius 1 is 1.36 bits per heavy atom. The molecule has 0 bridgehead atoms. The molecule has 0 aliphatic carbocycles. The highest BCUT2D eigenvalue weighted by Gasteiger charge is 2.27. The van der Waals surface area contributed by atoms with Gasteiger partial charge in [-0.25, -0.2) is 13.1 Å². The number of anilines is 1. The van der Waals surface area contributed by atoms with Crippen molar-refractivity contribution in [2.45, 2.75) is 50.1 Å². The summed E-state index contributed by atoms with van der Waals surface area (Å²) in [6.45, 7) is 4.93. The summed E-state index contributed by atoms with van der Waals surface area (Å²) in [6, 6.07) is 5.39. The summed E-state index contributed by atoms with van der Waals surface area (Å²) < 4.78 is 32.6. The van der Waals surface area contributed by atoms with E-state index in [0.717, 1.165) is 12.8 Å². The van der Waals surface area contributed by atoms with Crippen molar-refractivity contribution in [1.29, 1.82) is 0 Å². The molecule has 4 N–H and O–H groups in total. The monoisotopic (exact) mass is 369 g/mol. The molecule has 1 heterocycles. The molecule has 7 nitrogen and oxygen atoms in total. The van der Waals surface area contributed by atoms with Gasteiger partial charge in [-0.15, -0.1) is 0 Å². The van der Waals surface area contributed by atoms with E-state index < -0.39 is 16.1 Å². The number of amides is 1. The van der Waals surface area contributed by atoms with Crippen molar-refractivity contribution in [3.63, 3.8) is 0 Å². The van der Waals surface area contributed by atoms with Gasteiger partial charge in [0.25, 0.3) is 0 Å². The molecule has 0 saturated carbocycles. The van der Waals surface area contributed by atoms with E-state index in [1.54, 1.807) is 19.1 Å². The Morgan fingerprint density at radius 2 is 2.04 bits per heavy atom. The second kappa shape index (κ2) is 8.75. The normalized spacial score (nSPS) is 18.5. The van der Waals surface area contributed by atoms with Crippen LogP contribution in [0, 0.1) is 5.92 Å². The maximum absolute atomic E-state index is 12.4. The summed E-state index contributed by atoms with van der Waals surface area (Å²) >= 11 is 0.